The minimum atomic E-state index is -0.324. The number of rotatable bonds is 1. The predicted molar refractivity (Wildman–Crippen MR) is 123 cm³/mol. The molecule has 2 fully saturated rings. The smallest absolute Gasteiger partial charge is 0.399 e. The van der Waals surface area contributed by atoms with E-state index < -0.39 is 0 Å². The molecule has 3 aliphatic rings. The quantitative estimate of drug-likeness (QED) is 0.429. The molecule has 0 aromatic heterocycles. The van der Waals surface area contributed by atoms with Crippen molar-refractivity contribution in [2.75, 3.05) is 0 Å². The maximum atomic E-state index is 6.34. The van der Waals surface area contributed by atoms with Crippen molar-refractivity contribution < 1.29 is 9.31 Å². The van der Waals surface area contributed by atoms with Gasteiger partial charge in [0.25, 0.3) is 0 Å². The molecule has 0 atom stereocenters. The second-order valence-electron chi connectivity index (χ2n) is 9.80. The molecule has 3 aromatic carbocycles. The summed E-state index contributed by atoms with van der Waals surface area (Å²) < 4.78 is 13.9. The molecule has 0 N–H and O–H groups in total. The second kappa shape index (κ2) is 5.54. The minimum absolute atomic E-state index is 0.141. The summed E-state index contributed by atoms with van der Waals surface area (Å²) in [5, 5.41) is 2.72. The summed E-state index contributed by atoms with van der Waals surface area (Å²) in [4.78, 5) is 0. The largest absolute Gasteiger partial charge is 0.494 e. The van der Waals surface area contributed by atoms with Crippen LogP contribution in [0, 0.1) is 0 Å². The highest BCUT2D eigenvalue weighted by molar-refractivity contribution is 9.10. The molecule has 1 heterocycles. The average molecular weight is 447 g/mol. The Bertz CT molecular complexity index is 1180. The van der Waals surface area contributed by atoms with Crippen molar-refractivity contribution in [1.29, 1.82) is 0 Å². The Hall–Kier alpha value is -1.62. The Morgan fingerprint density at radius 3 is 2.21 bits per heavy atom. The third kappa shape index (κ3) is 2.31. The van der Waals surface area contributed by atoms with Crippen LogP contribution in [0.15, 0.2) is 53.0 Å². The van der Waals surface area contributed by atoms with E-state index in [1.165, 1.54) is 50.3 Å². The van der Waals surface area contributed by atoms with Gasteiger partial charge in [0.1, 0.15) is 0 Å². The van der Waals surface area contributed by atoms with E-state index >= 15 is 0 Å². The zero-order chi connectivity index (χ0) is 20.2. The van der Waals surface area contributed by atoms with Gasteiger partial charge in [0.15, 0.2) is 0 Å². The Morgan fingerprint density at radius 1 is 0.828 bits per heavy atom. The predicted octanol–water partition coefficient (Wildman–Crippen LogP) is 5.96. The van der Waals surface area contributed by atoms with Gasteiger partial charge in [-0.25, -0.2) is 0 Å². The molecule has 0 radical (unpaired) electrons. The van der Waals surface area contributed by atoms with Crippen LogP contribution < -0.4 is 5.46 Å². The van der Waals surface area contributed by atoms with E-state index in [1.54, 1.807) is 0 Å². The van der Waals surface area contributed by atoms with Crippen LogP contribution in [0.1, 0.15) is 51.7 Å². The van der Waals surface area contributed by atoms with Gasteiger partial charge in [-0.05, 0) is 85.1 Å². The fourth-order valence-electron chi connectivity index (χ4n) is 5.12. The van der Waals surface area contributed by atoms with Gasteiger partial charge < -0.3 is 9.31 Å². The van der Waals surface area contributed by atoms with Gasteiger partial charge in [0.05, 0.1) is 11.2 Å². The molecular formula is C25H24BBrO2. The second-order valence-corrected chi connectivity index (χ2v) is 10.7. The molecule has 6 rings (SSSR count). The molecule has 1 saturated heterocycles. The highest BCUT2D eigenvalue weighted by Gasteiger charge is 2.54. The van der Waals surface area contributed by atoms with E-state index in [-0.39, 0.29) is 23.7 Å². The van der Waals surface area contributed by atoms with E-state index in [9.17, 15) is 0 Å². The molecule has 1 spiro atoms. The maximum absolute atomic E-state index is 6.34. The Balaban J connectivity index is 1.55. The molecule has 1 aliphatic heterocycles. The van der Waals surface area contributed by atoms with Crippen LogP contribution in [0.3, 0.4) is 0 Å². The molecule has 2 nitrogen and oxygen atoms in total. The van der Waals surface area contributed by atoms with Crippen LogP contribution in [0.2, 0.25) is 0 Å². The Labute approximate surface area is 180 Å². The van der Waals surface area contributed by atoms with E-state index in [4.69, 9.17) is 9.31 Å². The van der Waals surface area contributed by atoms with Crippen LogP contribution in [0.5, 0.6) is 0 Å². The lowest BCUT2D eigenvalue weighted by Crippen LogP contribution is -2.41. The maximum Gasteiger partial charge on any atom is 0.494 e. The summed E-state index contributed by atoms with van der Waals surface area (Å²) in [6, 6.07) is 18.0. The van der Waals surface area contributed by atoms with Gasteiger partial charge >= 0.3 is 7.12 Å². The van der Waals surface area contributed by atoms with Gasteiger partial charge in [-0.2, -0.15) is 0 Å². The van der Waals surface area contributed by atoms with Crippen LogP contribution in [0.25, 0.3) is 21.9 Å². The standard InChI is InChI=1S/C25H24BBrO2/c1-23(2)24(3,4)29-26(28-23)15-8-9-16-17-10-11-21(27)18-6-5-7-19(22(17)18)25(12-13-25)20(16)14-15/h5-11,14H,12-13H2,1-4H3. The van der Waals surface area contributed by atoms with Crippen LogP contribution in [-0.2, 0) is 14.7 Å². The fraction of sp³-hybridized carbons (Fsp3) is 0.360. The molecule has 29 heavy (non-hydrogen) atoms. The molecule has 0 unspecified atom stereocenters. The summed E-state index contributed by atoms with van der Waals surface area (Å²) in [5.74, 6) is 0. The molecule has 1 saturated carbocycles. The zero-order valence-corrected chi connectivity index (χ0v) is 18.9. The monoisotopic (exact) mass is 446 g/mol. The zero-order valence-electron chi connectivity index (χ0n) is 17.3. The van der Waals surface area contributed by atoms with Crippen molar-refractivity contribution in [2.45, 2.75) is 57.2 Å². The van der Waals surface area contributed by atoms with Crippen LogP contribution in [0.4, 0.5) is 0 Å². The van der Waals surface area contributed by atoms with E-state index in [2.05, 4.69) is 92.2 Å². The highest BCUT2D eigenvalue weighted by Crippen LogP contribution is 2.61. The molecule has 4 heteroatoms. The average Bonchev–Trinajstić information content (AvgIpc) is 3.43. The molecule has 0 bridgehead atoms. The van der Waals surface area contributed by atoms with E-state index in [0.29, 0.717) is 0 Å². The minimum Gasteiger partial charge on any atom is -0.399 e. The molecule has 0 amide bonds. The SMILES string of the molecule is CC1(C)OB(c2ccc3c(c2)C2(CC2)c2cccc4c(Br)ccc-3c24)OC1(C)C. The number of hydrogen-bond acceptors (Lipinski definition) is 2. The molecule has 3 aromatic rings. The first-order chi connectivity index (χ1) is 13.7. The number of hydrogen-bond donors (Lipinski definition) is 0. The van der Waals surface area contributed by atoms with Gasteiger partial charge in [-0.3, -0.25) is 0 Å². The summed E-state index contributed by atoms with van der Waals surface area (Å²) in [6.07, 6.45) is 2.41. The van der Waals surface area contributed by atoms with Gasteiger partial charge in [-0.15, -0.1) is 0 Å². The van der Waals surface area contributed by atoms with Crippen molar-refractivity contribution in [3.05, 3.63) is 64.1 Å². The van der Waals surface area contributed by atoms with Crippen molar-refractivity contribution in [3.8, 4) is 11.1 Å². The number of halogens is 1. The van der Waals surface area contributed by atoms with Crippen LogP contribution >= 0.6 is 15.9 Å². The molecule has 146 valence electrons. The lowest BCUT2D eigenvalue weighted by Gasteiger charge is -2.32. The summed E-state index contributed by atoms with van der Waals surface area (Å²) in [6.45, 7) is 8.45. The topological polar surface area (TPSA) is 18.5 Å². The first kappa shape index (κ1) is 18.2. The van der Waals surface area contributed by atoms with E-state index in [0.717, 1.165) is 5.46 Å². The fourth-order valence-corrected chi connectivity index (χ4v) is 5.58. The lowest BCUT2D eigenvalue weighted by atomic mass is 9.70. The third-order valence-corrected chi connectivity index (χ3v) is 8.32. The highest BCUT2D eigenvalue weighted by atomic mass is 79.9. The van der Waals surface area contributed by atoms with Crippen molar-refractivity contribution in [1.82, 2.24) is 0 Å². The van der Waals surface area contributed by atoms with Gasteiger partial charge in [0.2, 0.25) is 0 Å². The summed E-state index contributed by atoms with van der Waals surface area (Å²) in [7, 11) is -0.316. The first-order valence-electron chi connectivity index (χ1n) is 10.5. The summed E-state index contributed by atoms with van der Waals surface area (Å²) >= 11 is 3.76. The first-order valence-corrected chi connectivity index (χ1v) is 11.3. The van der Waals surface area contributed by atoms with Crippen LogP contribution in [-0.4, -0.2) is 18.3 Å². The Kier molecular flexibility index (Phi) is 3.47. The van der Waals surface area contributed by atoms with Crippen molar-refractivity contribution >= 4 is 39.3 Å². The normalized spacial score (nSPS) is 22.2. The van der Waals surface area contributed by atoms with E-state index in [1.807, 2.05) is 0 Å². The molecule has 2 aliphatic carbocycles. The molecular weight excluding hydrogens is 423 g/mol. The number of benzene rings is 3. The van der Waals surface area contributed by atoms with Gasteiger partial charge in [0, 0.05) is 9.89 Å². The van der Waals surface area contributed by atoms with Crippen molar-refractivity contribution in [2.24, 2.45) is 0 Å². The van der Waals surface area contributed by atoms with Gasteiger partial charge in [-0.1, -0.05) is 58.4 Å². The lowest BCUT2D eigenvalue weighted by molar-refractivity contribution is 0.00578. The Morgan fingerprint density at radius 2 is 1.52 bits per heavy atom. The third-order valence-electron chi connectivity index (χ3n) is 7.63. The number of fused-ring (bicyclic) bond motifs is 4. The van der Waals surface area contributed by atoms with Crippen molar-refractivity contribution in [3.63, 3.8) is 0 Å². The summed E-state index contributed by atoms with van der Waals surface area (Å²) in [5.41, 5.74) is 6.23.